The third kappa shape index (κ3) is 7.04. The summed E-state index contributed by atoms with van der Waals surface area (Å²) in [4.78, 5) is 2.51. The van der Waals surface area contributed by atoms with E-state index in [0.29, 0.717) is 0 Å². The highest BCUT2D eigenvalue weighted by atomic mass is 32.1. The molecule has 0 unspecified atom stereocenters. The maximum absolute atomic E-state index is 2.51. The highest BCUT2D eigenvalue weighted by molar-refractivity contribution is 7.26. The fourth-order valence-corrected chi connectivity index (χ4v) is 12.7. The molecule has 1 heterocycles. The Kier molecular flexibility index (Phi) is 10.2. The average molecular weight is 926 g/mol. The van der Waals surface area contributed by atoms with Gasteiger partial charge in [-0.05, 0) is 114 Å². The second-order valence-corrected chi connectivity index (χ2v) is 21.1. The molecule has 0 bridgehead atoms. The van der Waals surface area contributed by atoms with Gasteiger partial charge in [0.25, 0.3) is 0 Å². The lowest BCUT2D eigenvalue weighted by atomic mass is 9.68. The van der Waals surface area contributed by atoms with E-state index in [9.17, 15) is 0 Å². The van der Waals surface area contributed by atoms with Crippen LogP contribution in [0, 0.1) is 0 Å². The molecule has 0 atom stereocenters. The van der Waals surface area contributed by atoms with E-state index in [1.807, 2.05) is 11.3 Å². The van der Waals surface area contributed by atoms with Gasteiger partial charge in [-0.15, -0.1) is 11.3 Å². The van der Waals surface area contributed by atoms with Crippen molar-refractivity contribution in [3.8, 4) is 44.5 Å². The first-order valence-electron chi connectivity index (χ1n) is 24.7. The molecule has 1 aliphatic rings. The van der Waals surface area contributed by atoms with Gasteiger partial charge in [0.1, 0.15) is 0 Å². The quantitative estimate of drug-likeness (QED) is 0.147. The zero-order chi connectivity index (χ0) is 47.7. The second-order valence-electron chi connectivity index (χ2n) is 20.0. The summed E-state index contributed by atoms with van der Waals surface area (Å²) >= 11 is 1.89. The van der Waals surface area contributed by atoms with Crippen LogP contribution in [-0.2, 0) is 10.8 Å². The van der Waals surface area contributed by atoms with Gasteiger partial charge in [-0.2, -0.15) is 0 Å². The number of benzene rings is 11. The van der Waals surface area contributed by atoms with Crippen molar-refractivity contribution in [3.63, 3.8) is 0 Å². The first-order valence-corrected chi connectivity index (χ1v) is 25.6. The predicted molar refractivity (Wildman–Crippen MR) is 304 cm³/mol. The molecule has 0 saturated carbocycles. The van der Waals surface area contributed by atoms with Crippen molar-refractivity contribution in [3.05, 3.63) is 283 Å². The molecule has 0 saturated heterocycles. The van der Waals surface area contributed by atoms with Crippen molar-refractivity contribution in [2.75, 3.05) is 4.90 Å². The number of thiophene rings is 1. The molecular weight excluding hydrogens is 875 g/mol. The minimum absolute atomic E-state index is 0.121. The van der Waals surface area contributed by atoms with Gasteiger partial charge >= 0.3 is 0 Å². The number of hydrogen-bond donors (Lipinski definition) is 0. The molecule has 0 aliphatic heterocycles. The Morgan fingerprint density at radius 1 is 0.380 bits per heavy atom. The van der Waals surface area contributed by atoms with E-state index in [-0.39, 0.29) is 5.41 Å². The maximum atomic E-state index is 2.51. The van der Waals surface area contributed by atoms with Crippen LogP contribution in [0.2, 0.25) is 0 Å². The molecule has 13 rings (SSSR count). The monoisotopic (exact) mass is 925 g/mol. The van der Waals surface area contributed by atoms with Crippen molar-refractivity contribution in [2.24, 2.45) is 0 Å². The fourth-order valence-electron chi connectivity index (χ4n) is 11.5. The van der Waals surface area contributed by atoms with Gasteiger partial charge in [-0.25, -0.2) is 0 Å². The maximum Gasteiger partial charge on any atom is 0.0713 e. The molecule has 0 amide bonds. The zero-order valence-electron chi connectivity index (χ0n) is 40.1. The Hall–Kier alpha value is -8.30. The van der Waals surface area contributed by atoms with E-state index in [1.165, 1.54) is 103 Å². The van der Waals surface area contributed by atoms with Crippen molar-refractivity contribution in [2.45, 2.75) is 31.6 Å². The van der Waals surface area contributed by atoms with E-state index in [4.69, 9.17) is 0 Å². The van der Waals surface area contributed by atoms with Crippen LogP contribution in [0.25, 0.3) is 75.5 Å². The molecule has 0 radical (unpaired) electrons. The van der Waals surface area contributed by atoms with E-state index in [1.54, 1.807) is 0 Å². The molecule has 338 valence electrons. The molecular formula is C69H51NS. The largest absolute Gasteiger partial charge is 0.310 e. The Labute approximate surface area is 420 Å². The highest BCUT2D eigenvalue weighted by Gasteiger charge is 2.46. The lowest BCUT2D eigenvalue weighted by Crippen LogP contribution is -2.28. The van der Waals surface area contributed by atoms with Crippen LogP contribution in [-0.4, -0.2) is 0 Å². The van der Waals surface area contributed by atoms with Crippen LogP contribution >= 0.6 is 11.3 Å². The van der Waals surface area contributed by atoms with Gasteiger partial charge in [-0.1, -0.05) is 239 Å². The lowest BCUT2D eigenvalue weighted by Gasteiger charge is -2.34. The third-order valence-corrected chi connectivity index (χ3v) is 16.2. The third-order valence-electron chi connectivity index (χ3n) is 14.9. The molecule has 71 heavy (non-hydrogen) atoms. The summed E-state index contributed by atoms with van der Waals surface area (Å²) in [5, 5.41) is 5.03. The highest BCUT2D eigenvalue weighted by Crippen LogP contribution is 2.58. The summed E-state index contributed by atoms with van der Waals surface area (Å²) in [7, 11) is 0. The minimum Gasteiger partial charge on any atom is -0.310 e. The predicted octanol–water partition coefficient (Wildman–Crippen LogP) is 19.3. The van der Waals surface area contributed by atoms with Gasteiger partial charge < -0.3 is 4.90 Å². The van der Waals surface area contributed by atoms with Gasteiger partial charge in [0, 0.05) is 42.7 Å². The zero-order valence-corrected chi connectivity index (χ0v) is 40.9. The molecule has 1 aliphatic carbocycles. The summed E-state index contributed by atoms with van der Waals surface area (Å²) in [6.45, 7) is 6.80. The van der Waals surface area contributed by atoms with Gasteiger partial charge in [-0.3, -0.25) is 0 Å². The molecule has 1 aromatic heterocycles. The summed E-state index contributed by atoms with van der Waals surface area (Å²) in [5.41, 5.74) is 19.2. The summed E-state index contributed by atoms with van der Waals surface area (Å²) in [6.07, 6.45) is 0. The van der Waals surface area contributed by atoms with Crippen molar-refractivity contribution in [1.29, 1.82) is 0 Å². The number of nitrogens with zero attached hydrogens (tertiary/aromatic N) is 1. The van der Waals surface area contributed by atoms with Crippen LogP contribution in [0.1, 0.15) is 48.6 Å². The SMILES string of the molecule is CC(C)(C)c1ccc(-c2ccc(-c3ccc(N(c4ccc5c(c4)-c4ccccc4C5(c4ccccc4)c4ccccc4)c4ccc5ccccc5c4-c4cccc5c4sc4ccccc45)cc3)cc2)cc1. The number of fused-ring (bicyclic) bond motifs is 7. The number of anilines is 3. The Morgan fingerprint density at radius 2 is 0.901 bits per heavy atom. The van der Waals surface area contributed by atoms with E-state index < -0.39 is 5.41 Å². The Bertz CT molecular complexity index is 3890. The molecule has 11 aromatic carbocycles. The second kappa shape index (κ2) is 17.0. The molecule has 0 N–H and O–H groups in total. The number of rotatable bonds is 8. The van der Waals surface area contributed by atoms with Crippen LogP contribution in [0.15, 0.2) is 255 Å². The van der Waals surface area contributed by atoms with Gasteiger partial charge in [0.15, 0.2) is 0 Å². The summed E-state index contributed by atoms with van der Waals surface area (Å²) in [5.74, 6) is 0. The van der Waals surface area contributed by atoms with E-state index in [0.717, 1.165) is 17.1 Å². The molecule has 12 aromatic rings. The fraction of sp³-hybridized carbons (Fsp3) is 0.0725. The van der Waals surface area contributed by atoms with E-state index in [2.05, 4.69) is 280 Å². The van der Waals surface area contributed by atoms with Crippen molar-refractivity contribution < 1.29 is 0 Å². The van der Waals surface area contributed by atoms with E-state index >= 15 is 0 Å². The first kappa shape index (κ1) is 42.8. The summed E-state index contributed by atoms with van der Waals surface area (Å²) in [6, 6.07) is 95.0. The number of hydrogen-bond acceptors (Lipinski definition) is 2. The molecule has 2 heteroatoms. The molecule has 0 spiro atoms. The Morgan fingerprint density at radius 3 is 1.58 bits per heavy atom. The Balaban J connectivity index is 1.01. The molecule has 1 nitrogen and oxygen atoms in total. The van der Waals surface area contributed by atoms with Crippen LogP contribution in [0.3, 0.4) is 0 Å². The summed E-state index contributed by atoms with van der Waals surface area (Å²) < 4.78 is 2.60. The minimum atomic E-state index is -0.490. The lowest BCUT2D eigenvalue weighted by molar-refractivity contribution is 0.590. The topological polar surface area (TPSA) is 3.24 Å². The smallest absolute Gasteiger partial charge is 0.0713 e. The van der Waals surface area contributed by atoms with Crippen molar-refractivity contribution >= 4 is 59.3 Å². The normalized spacial score (nSPS) is 12.8. The molecule has 0 fully saturated rings. The van der Waals surface area contributed by atoms with Crippen LogP contribution in [0.4, 0.5) is 17.1 Å². The van der Waals surface area contributed by atoms with Crippen LogP contribution < -0.4 is 4.90 Å². The first-order chi connectivity index (χ1) is 34.8. The van der Waals surface area contributed by atoms with Gasteiger partial charge in [0.2, 0.25) is 0 Å². The average Bonchev–Trinajstić information content (AvgIpc) is 3.96. The van der Waals surface area contributed by atoms with Crippen LogP contribution in [0.5, 0.6) is 0 Å². The standard InChI is InChI=1S/C69H51NS/c1-68(2,3)51-38-33-48(34-39-51)46-29-31-47(32-30-46)49-35-40-54(41-36-49)70(64-44-37-50-17-10-11-22-56(50)66(64)60-26-16-25-59-58-24-13-15-28-65(58)71-67(59)60)55-42-43-63-61(45-55)57-23-12-14-27-62(57)69(63,52-18-6-4-7-19-52)53-20-8-5-9-21-53/h4-45H,1-3H3. The van der Waals surface area contributed by atoms with Gasteiger partial charge in [0.05, 0.1) is 11.1 Å². The van der Waals surface area contributed by atoms with Crippen molar-refractivity contribution in [1.82, 2.24) is 0 Å².